The van der Waals surface area contributed by atoms with Crippen molar-refractivity contribution in [3.05, 3.63) is 0 Å². The van der Waals surface area contributed by atoms with Crippen molar-refractivity contribution in [3.63, 3.8) is 0 Å². The van der Waals surface area contributed by atoms with Crippen LogP contribution in [0.5, 0.6) is 0 Å². The van der Waals surface area contributed by atoms with E-state index in [9.17, 15) is 19.2 Å². The van der Waals surface area contributed by atoms with E-state index in [4.69, 9.17) is 0 Å². The number of hydrogen-bond acceptors (Lipinski definition) is 4. The third-order valence-electron chi connectivity index (χ3n) is 5.08. The zero-order valence-corrected chi connectivity index (χ0v) is 19.0. The molecule has 1 aliphatic heterocycles. The van der Waals surface area contributed by atoms with Crippen LogP contribution in [-0.4, -0.2) is 47.8 Å². The zero-order valence-electron chi connectivity index (χ0n) is 19.0. The Morgan fingerprint density at radius 2 is 0.862 bits per heavy atom. The smallest absolute Gasteiger partial charge is 0.243 e. The normalized spacial score (nSPS) is 27.3. The van der Waals surface area contributed by atoms with E-state index in [1.54, 1.807) is 0 Å². The molecule has 0 spiro atoms. The molecule has 0 aromatic carbocycles. The van der Waals surface area contributed by atoms with Crippen LogP contribution in [0.15, 0.2) is 0 Å². The standard InChI is InChI=1S/C21H38N4O4/c1-10(2)9-14-18(26)23-16(12(5)6)20(28)25-17(13(7)8)21(29)24-15(11(3)4)19(27)22-14/h10-17H,9H2,1-8H3,(H,22,27)(H,23,26)(H,24,29)(H,25,28). The van der Waals surface area contributed by atoms with E-state index in [1.165, 1.54) is 0 Å². The Hall–Kier alpha value is -2.12. The van der Waals surface area contributed by atoms with Gasteiger partial charge in [-0.15, -0.1) is 0 Å². The number of hydrogen-bond donors (Lipinski definition) is 4. The molecular weight excluding hydrogens is 372 g/mol. The van der Waals surface area contributed by atoms with Crippen molar-refractivity contribution in [1.29, 1.82) is 0 Å². The summed E-state index contributed by atoms with van der Waals surface area (Å²) in [6, 6.07) is -3.19. The summed E-state index contributed by atoms with van der Waals surface area (Å²) >= 11 is 0. The van der Waals surface area contributed by atoms with E-state index in [0.29, 0.717) is 6.42 Å². The second-order valence-corrected chi connectivity index (χ2v) is 9.38. The van der Waals surface area contributed by atoms with Crippen molar-refractivity contribution < 1.29 is 19.2 Å². The minimum Gasteiger partial charge on any atom is -0.343 e. The molecule has 166 valence electrons. The van der Waals surface area contributed by atoms with Gasteiger partial charge in [-0.3, -0.25) is 19.2 Å². The SMILES string of the molecule is CC(C)CC1NC(=O)C(C(C)C)NC(=O)C(C(C)C)NC(=O)C(C(C)C)NC1=O. The summed E-state index contributed by atoms with van der Waals surface area (Å²) in [6.45, 7) is 14.9. The minimum absolute atomic E-state index is 0.155. The molecule has 0 aromatic rings. The van der Waals surface area contributed by atoms with E-state index in [2.05, 4.69) is 21.3 Å². The van der Waals surface area contributed by atoms with Gasteiger partial charge in [0, 0.05) is 0 Å². The van der Waals surface area contributed by atoms with Gasteiger partial charge in [-0.1, -0.05) is 55.4 Å². The lowest BCUT2D eigenvalue weighted by Crippen LogP contribution is -2.64. The lowest BCUT2D eigenvalue weighted by atomic mass is 9.95. The maximum atomic E-state index is 12.9. The Balaban J connectivity index is 3.35. The average Bonchev–Trinajstić information content (AvgIpc) is 2.58. The van der Waals surface area contributed by atoms with Gasteiger partial charge in [-0.05, 0) is 30.1 Å². The first-order chi connectivity index (χ1) is 13.3. The largest absolute Gasteiger partial charge is 0.343 e. The van der Waals surface area contributed by atoms with Crippen molar-refractivity contribution in [2.45, 2.75) is 86.0 Å². The van der Waals surface area contributed by atoms with Crippen LogP contribution in [0.2, 0.25) is 0 Å². The van der Waals surface area contributed by atoms with Gasteiger partial charge in [0.05, 0.1) is 0 Å². The molecule has 4 atom stereocenters. The molecule has 29 heavy (non-hydrogen) atoms. The maximum absolute atomic E-state index is 12.9. The van der Waals surface area contributed by atoms with Crippen molar-refractivity contribution in [2.24, 2.45) is 23.7 Å². The molecule has 0 saturated carbocycles. The quantitative estimate of drug-likeness (QED) is 0.540. The van der Waals surface area contributed by atoms with E-state index < -0.39 is 47.8 Å². The van der Waals surface area contributed by atoms with Gasteiger partial charge in [0.2, 0.25) is 23.6 Å². The van der Waals surface area contributed by atoms with Crippen LogP contribution in [-0.2, 0) is 19.2 Å². The number of carbonyl (C=O) groups is 4. The van der Waals surface area contributed by atoms with Crippen LogP contribution in [0, 0.1) is 23.7 Å². The monoisotopic (exact) mass is 410 g/mol. The first kappa shape index (κ1) is 24.9. The van der Waals surface area contributed by atoms with Gasteiger partial charge in [0.25, 0.3) is 0 Å². The van der Waals surface area contributed by atoms with Gasteiger partial charge in [0.1, 0.15) is 24.2 Å². The molecule has 1 fully saturated rings. The third kappa shape index (κ3) is 7.01. The van der Waals surface area contributed by atoms with Crippen LogP contribution < -0.4 is 21.3 Å². The summed E-state index contributed by atoms with van der Waals surface area (Å²) in [5, 5.41) is 11.1. The highest BCUT2D eigenvalue weighted by molar-refractivity contribution is 5.97. The first-order valence-electron chi connectivity index (χ1n) is 10.6. The predicted molar refractivity (Wildman–Crippen MR) is 112 cm³/mol. The van der Waals surface area contributed by atoms with Gasteiger partial charge >= 0.3 is 0 Å². The lowest BCUT2D eigenvalue weighted by molar-refractivity contribution is -0.138. The van der Waals surface area contributed by atoms with Crippen LogP contribution in [0.3, 0.4) is 0 Å². The van der Waals surface area contributed by atoms with E-state index in [1.807, 2.05) is 55.4 Å². The van der Waals surface area contributed by atoms with Crippen molar-refractivity contribution in [1.82, 2.24) is 21.3 Å². The summed E-state index contributed by atoms with van der Waals surface area (Å²) in [4.78, 5) is 51.6. The van der Waals surface area contributed by atoms with Crippen LogP contribution in [0.4, 0.5) is 0 Å². The molecule has 1 heterocycles. The Kier molecular flexibility index (Phi) is 9.11. The lowest BCUT2D eigenvalue weighted by Gasteiger charge is -2.32. The topological polar surface area (TPSA) is 116 Å². The second kappa shape index (κ2) is 10.6. The summed E-state index contributed by atoms with van der Waals surface area (Å²) < 4.78 is 0. The van der Waals surface area contributed by atoms with E-state index in [0.717, 1.165) is 0 Å². The molecule has 1 aliphatic rings. The van der Waals surface area contributed by atoms with Crippen LogP contribution in [0.1, 0.15) is 61.8 Å². The van der Waals surface area contributed by atoms with E-state index >= 15 is 0 Å². The molecule has 0 radical (unpaired) electrons. The fraction of sp³-hybridized carbons (Fsp3) is 0.810. The third-order valence-corrected chi connectivity index (χ3v) is 5.08. The van der Waals surface area contributed by atoms with Gasteiger partial charge < -0.3 is 21.3 Å². The molecule has 0 aromatic heterocycles. The average molecular weight is 411 g/mol. The highest BCUT2D eigenvalue weighted by Gasteiger charge is 2.36. The van der Waals surface area contributed by atoms with E-state index in [-0.39, 0.29) is 23.7 Å². The molecule has 8 nitrogen and oxygen atoms in total. The van der Waals surface area contributed by atoms with Crippen LogP contribution >= 0.6 is 0 Å². The van der Waals surface area contributed by atoms with Crippen molar-refractivity contribution >= 4 is 23.6 Å². The molecule has 0 aliphatic carbocycles. The maximum Gasteiger partial charge on any atom is 0.243 e. The first-order valence-corrected chi connectivity index (χ1v) is 10.6. The highest BCUT2D eigenvalue weighted by Crippen LogP contribution is 2.13. The number of nitrogens with one attached hydrogen (secondary N) is 4. The summed E-state index contributed by atoms with van der Waals surface area (Å²) in [7, 11) is 0. The molecule has 8 heteroatoms. The molecule has 1 rings (SSSR count). The highest BCUT2D eigenvalue weighted by atomic mass is 16.2. The molecule has 4 amide bonds. The zero-order chi connectivity index (χ0) is 22.5. The van der Waals surface area contributed by atoms with Gasteiger partial charge in [0.15, 0.2) is 0 Å². The van der Waals surface area contributed by atoms with Crippen molar-refractivity contribution in [2.75, 3.05) is 0 Å². The molecular formula is C21H38N4O4. The Morgan fingerprint density at radius 3 is 1.17 bits per heavy atom. The minimum atomic E-state index is -0.805. The molecule has 0 bridgehead atoms. The van der Waals surface area contributed by atoms with Crippen molar-refractivity contribution in [3.8, 4) is 0 Å². The fourth-order valence-electron chi connectivity index (χ4n) is 3.31. The Morgan fingerprint density at radius 1 is 0.552 bits per heavy atom. The Bertz CT molecular complexity index is 610. The molecule has 4 unspecified atom stereocenters. The van der Waals surface area contributed by atoms with Gasteiger partial charge in [-0.25, -0.2) is 0 Å². The second-order valence-electron chi connectivity index (χ2n) is 9.38. The molecule has 4 N–H and O–H groups in total. The number of carbonyl (C=O) groups excluding carboxylic acids is 4. The number of amides is 4. The predicted octanol–water partition coefficient (Wildman–Crippen LogP) is 0.953. The number of rotatable bonds is 5. The molecule has 1 saturated heterocycles. The van der Waals surface area contributed by atoms with Gasteiger partial charge in [-0.2, -0.15) is 0 Å². The fourth-order valence-corrected chi connectivity index (χ4v) is 3.31. The summed E-state index contributed by atoms with van der Waals surface area (Å²) in [5.74, 6) is -2.00. The summed E-state index contributed by atoms with van der Waals surface area (Å²) in [5.41, 5.74) is 0. The Labute approximate surface area is 174 Å². The summed E-state index contributed by atoms with van der Waals surface area (Å²) in [6.07, 6.45) is 0.428. The van der Waals surface area contributed by atoms with Crippen LogP contribution in [0.25, 0.3) is 0 Å².